The molecule has 3 fully saturated rings. The van der Waals surface area contributed by atoms with E-state index in [0.717, 1.165) is 28.4 Å². The normalized spacial score (nSPS) is 22.2. The van der Waals surface area contributed by atoms with Crippen molar-refractivity contribution < 1.29 is 48.0 Å². The first kappa shape index (κ1) is 35.5. The summed E-state index contributed by atoms with van der Waals surface area (Å²) in [6.07, 6.45) is 2.78. The molecule has 270 valence electrons. The van der Waals surface area contributed by atoms with E-state index in [-0.39, 0.29) is 48.4 Å². The molecule has 0 N–H and O–H groups in total. The summed E-state index contributed by atoms with van der Waals surface area (Å²) in [4.78, 5) is 48.7. The molecule has 3 atom stereocenters. The quantitative estimate of drug-likeness (QED) is 0.222. The van der Waals surface area contributed by atoms with Crippen LogP contribution in [0.2, 0.25) is 0 Å². The van der Waals surface area contributed by atoms with E-state index in [0.29, 0.717) is 38.3 Å². The van der Waals surface area contributed by atoms with Crippen molar-refractivity contribution >= 4 is 33.8 Å². The number of hydrogen-bond acceptors (Lipinski definition) is 7. The van der Waals surface area contributed by atoms with Crippen molar-refractivity contribution in [1.29, 1.82) is 0 Å². The van der Waals surface area contributed by atoms with Gasteiger partial charge in [-0.25, -0.2) is 4.79 Å². The van der Waals surface area contributed by atoms with Crippen molar-refractivity contribution in [2.75, 3.05) is 44.9 Å². The van der Waals surface area contributed by atoms with Gasteiger partial charge in [-0.3, -0.25) is 24.4 Å². The van der Waals surface area contributed by atoms with E-state index < -0.39 is 51.2 Å². The van der Waals surface area contributed by atoms with E-state index in [2.05, 4.69) is 4.98 Å². The van der Waals surface area contributed by atoms with E-state index in [1.54, 1.807) is 41.3 Å². The van der Waals surface area contributed by atoms with Crippen LogP contribution in [0.25, 0.3) is 0 Å². The lowest BCUT2D eigenvalue weighted by molar-refractivity contribution is -0.160. The Labute approximate surface area is 285 Å². The van der Waals surface area contributed by atoms with Crippen molar-refractivity contribution in [2.45, 2.75) is 49.0 Å². The van der Waals surface area contributed by atoms with Crippen LogP contribution in [0.15, 0.2) is 84.0 Å². The third kappa shape index (κ3) is 7.56. The van der Waals surface area contributed by atoms with Crippen LogP contribution >= 0.6 is 10.2 Å². The highest BCUT2D eigenvalue weighted by molar-refractivity contribution is 8.45. The molecule has 1 unspecified atom stereocenters. The summed E-state index contributed by atoms with van der Waals surface area (Å²) in [5.41, 5.74) is 0.392. The minimum atomic E-state index is -10.1. The molecule has 1 aromatic heterocycles. The van der Waals surface area contributed by atoms with Gasteiger partial charge in [0.1, 0.15) is 23.6 Å². The molecule has 2 aromatic carbocycles. The zero-order valence-electron chi connectivity index (χ0n) is 27.1. The number of nitrogens with zero attached hydrogens (tertiary/aromatic N) is 4. The topological polar surface area (TPSA) is 102 Å². The number of methoxy groups -OCH3 is 1. The average molecular weight is 725 g/mol. The molecule has 4 heterocycles. The predicted octanol–water partition coefficient (Wildman–Crippen LogP) is 6.88. The van der Waals surface area contributed by atoms with Gasteiger partial charge in [0.2, 0.25) is 5.91 Å². The van der Waals surface area contributed by atoms with Crippen LogP contribution in [0.1, 0.15) is 36.4 Å². The van der Waals surface area contributed by atoms with Gasteiger partial charge in [-0.15, -0.1) is 0 Å². The lowest BCUT2D eigenvalue weighted by atomic mass is 9.78. The van der Waals surface area contributed by atoms with E-state index >= 15 is 0 Å². The van der Waals surface area contributed by atoms with Gasteiger partial charge in [-0.1, -0.05) is 55.8 Å². The van der Waals surface area contributed by atoms with Crippen molar-refractivity contribution in [3.8, 4) is 0 Å². The number of anilines is 1. The van der Waals surface area contributed by atoms with Gasteiger partial charge in [0.05, 0.1) is 25.9 Å². The standard InChI is InChI=1S/C34H37F5N4O6S/c1-47-27-17-29(42(19-27)33(46)49-20-24-7-3-2-4-8-24)31(44)43(26-10-12-28(13-11-26)50(35,36,37,38)39)30(25-9-5-15-40-18-25)32(45)41-16-6-14-34(21-41)22-48-23-34/h2-5,7-13,15,18,27,29-30H,6,14,16-17,19-23H2,1H3/t27-,29-,30?/m1/s1. The zero-order valence-corrected chi connectivity index (χ0v) is 28.0. The Morgan fingerprint density at radius 3 is 2.34 bits per heavy atom. The summed E-state index contributed by atoms with van der Waals surface area (Å²) in [6.45, 7) is 1.40. The molecule has 3 saturated heterocycles. The highest BCUT2D eigenvalue weighted by Gasteiger charge is 2.65. The minimum absolute atomic E-state index is 0.0338. The van der Waals surface area contributed by atoms with Gasteiger partial charge in [-0.2, -0.15) is 0 Å². The number of aromatic nitrogens is 1. The Hall–Kier alpha value is -4.28. The molecule has 16 heteroatoms. The summed E-state index contributed by atoms with van der Waals surface area (Å²) in [6, 6.07) is 11.0. The molecular formula is C34H37F5N4O6S. The maximum Gasteiger partial charge on any atom is 0.410 e. The minimum Gasteiger partial charge on any atom is -0.445 e. The second-order valence-corrected chi connectivity index (χ2v) is 15.4. The summed E-state index contributed by atoms with van der Waals surface area (Å²) in [7, 11) is -8.68. The first-order chi connectivity index (χ1) is 23.6. The predicted molar refractivity (Wildman–Crippen MR) is 174 cm³/mol. The summed E-state index contributed by atoms with van der Waals surface area (Å²) >= 11 is 0. The first-order valence-corrected chi connectivity index (χ1v) is 18.0. The maximum atomic E-state index is 14.8. The van der Waals surface area contributed by atoms with E-state index in [9.17, 15) is 33.8 Å². The fraction of sp³-hybridized carbons (Fsp3) is 0.412. The second kappa shape index (κ2) is 12.8. The smallest absolute Gasteiger partial charge is 0.410 e. The number of halogens is 5. The van der Waals surface area contributed by atoms with E-state index in [4.69, 9.17) is 14.2 Å². The Kier molecular flexibility index (Phi) is 9.10. The lowest BCUT2D eigenvalue weighted by Crippen LogP contribution is -2.58. The van der Waals surface area contributed by atoms with E-state index in [1.165, 1.54) is 25.6 Å². The Morgan fingerprint density at radius 1 is 1.02 bits per heavy atom. The number of piperidine rings is 1. The summed E-state index contributed by atoms with van der Waals surface area (Å²) in [5.74, 6) is -1.39. The van der Waals surface area contributed by atoms with Gasteiger partial charge in [0.25, 0.3) is 5.91 Å². The molecule has 3 aromatic rings. The number of likely N-dealkylation sites (tertiary alicyclic amines) is 2. The van der Waals surface area contributed by atoms with Gasteiger partial charge in [-0.05, 0) is 48.7 Å². The number of rotatable bonds is 9. The van der Waals surface area contributed by atoms with Gasteiger partial charge in [0, 0.05) is 55.7 Å². The van der Waals surface area contributed by atoms with Crippen LogP contribution < -0.4 is 4.90 Å². The lowest BCUT2D eigenvalue weighted by Gasteiger charge is -2.49. The molecule has 50 heavy (non-hydrogen) atoms. The van der Waals surface area contributed by atoms with Crippen molar-refractivity contribution in [3.05, 3.63) is 90.3 Å². The van der Waals surface area contributed by atoms with Crippen molar-refractivity contribution in [3.63, 3.8) is 0 Å². The van der Waals surface area contributed by atoms with Crippen molar-refractivity contribution in [2.24, 2.45) is 5.41 Å². The number of carbonyl (C=O) groups is 3. The summed E-state index contributed by atoms with van der Waals surface area (Å²) < 4.78 is 85.4. The molecule has 0 saturated carbocycles. The van der Waals surface area contributed by atoms with Crippen LogP contribution in [0.5, 0.6) is 0 Å². The third-order valence-corrected chi connectivity index (χ3v) is 10.6. The Bertz CT molecular complexity index is 1720. The first-order valence-electron chi connectivity index (χ1n) is 16.0. The maximum absolute atomic E-state index is 14.8. The molecule has 0 bridgehead atoms. The average Bonchev–Trinajstić information content (AvgIpc) is 3.53. The van der Waals surface area contributed by atoms with Crippen LogP contribution in [0.3, 0.4) is 0 Å². The number of hydrogen-bond donors (Lipinski definition) is 0. The number of carbonyl (C=O) groups excluding carboxylic acids is 3. The largest absolute Gasteiger partial charge is 0.445 e. The molecule has 6 rings (SSSR count). The Morgan fingerprint density at radius 2 is 1.74 bits per heavy atom. The number of benzene rings is 2. The molecule has 10 nitrogen and oxygen atoms in total. The van der Waals surface area contributed by atoms with Gasteiger partial charge in [0.15, 0.2) is 0 Å². The van der Waals surface area contributed by atoms with Crippen LogP contribution in [0.4, 0.5) is 29.9 Å². The monoisotopic (exact) mass is 724 g/mol. The van der Waals surface area contributed by atoms with Gasteiger partial charge < -0.3 is 19.1 Å². The Balaban J connectivity index is 1.41. The van der Waals surface area contributed by atoms with Crippen molar-refractivity contribution in [1.82, 2.24) is 14.8 Å². The third-order valence-electron chi connectivity index (χ3n) is 9.40. The molecule has 3 aliphatic heterocycles. The molecule has 0 radical (unpaired) electrons. The molecule has 1 spiro atoms. The van der Waals surface area contributed by atoms with Crippen LogP contribution in [-0.4, -0.2) is 84.8 Å². The number of ether oxygens (including phenoxy) is 3. The summed E-state index contributed by atoms with van der Waals surface area (Å²) in [5, 5.41) is 0. The number of amides is 3. The highest BCUT2D eigenvalue weighted by atomic mass is 32.5. The van der Waals surface area contributed by atoms with Crippen LogP contribution in [0, 0.1) is 5.41 Å². The molecule has 0 aliphatic carbocycles. The second-order valence-electron chi connectivity index (χ2n) is 13.0. The fourth-order valence-corrected chi connectivity index (χ4v) is 7.42. The fourth-order valence-electron chi connectivity index (χ4n) is 6.77. The zero-order chi connectivity index (χ0) is 35.8. The molecule has 3 amide bonds. The SMILES string of the molecule is CO[C@@H]1C[C@H](C(=O)N(c2ccc(S(F)(F)(F)(F)F)cc2)C(C(=O)N2CCCC3(COC3)C2)c2cccnc2)N(C(=O)OCc2ccccc2)C1. The van der Waals surface area contributed by atoms with Gasteiger partial charge >= 0.3 is 16.3 Å². The number of pyridine rings is 1. The molecular weight excluding hydrogens is 687 g/mol. The van der Waals surface area contributed by atoms with E-state index in [1.807, 2.05) is 0 Å². The highest BCUT2D eigenvalue weighted by Crippen LogP contribution is 3.02. The van der Waals surface area contributed by atoms with Crippen LogP contribution in [-0.2, 0) is 30.4 Å². The molecule has 3 aliphatic rings.